The normalized spacial score (nSPS) is 18.2. The molecule has 26 nitrogen and oxygen atoms in total. The molecule has 3 aliphatic heterocycles. The van der Waals surface area contributed by atoms with Crippen molar-refractivity contribution < 1.29 is 89.7 Å². The van der Waals surface area contributed by atoms with E-state index in [4.69, 9.17) is 28.5 Å². The van der Waals surface area contributed by atoms with Gasteiger partial charge in [-0.15, -0.1) is 0 Å². The van der Waals surface area contributed by atoms with Gasteiger partial charge >= 0.3 is 31.9 Å². The van der Waals surface area contributed by atoms with E-state index in [9.17, 15) is 61.5 Å². The van der Waals surface area contributed by atoms with E-state index >= 15 is 0 Å². The lowest BCUT2D eigenvalue weighted by molar-refractivity contribution is -0.160. The summed E-state index contributed by atoms with van der Waals surface area (Å²) in [6, 6.07) is 2.93. The Kier molecular flexibility index (Phi) is 18.9. The number of fused-ring (bicyclic) bond motifs is 5. The number of amides is 5. The number of rotatable bonds is 19. The number of ether oxygens (including phenoxy) is 5. The number of pyridine rings is 2. The topological polar surface area (TPSA) is 323 Å². The summed E-state index contributed by atoms with van der Waals surface area (Å²) in [5.74, 6) is -7.03. The lowest BCUT2D eigenvalue weighted by Gasteiger charge is -2.42. The van der Waals surface area contributed by atoms with Gasteiger partial charge in [0.2, 0.25) is 30.7 Å². The van der Waals surface area contributed by atoms with E-state index in [2.05, 4.69) is 25.3 Å². The van der Waals surface area contributed by atoms with Gasteiger partial charge in [-0.2, -0.15) is 0 Å². The van der Waals surface area contributed by atoms with Crippen LogP contribution in [0.25, 0.3) is 0 Å². The van der Waals surface area contributed by atoms with Gasteiger partial charge < -0.3 is 58.4 Å². The predicted octanol–water partition coefficient (Wildman–Crippen LogP) is 4.73. The lowest BCUT2D eigenvalue weighted by atomic mass is 9.84. The quantitative estimate of drug-likeness (QED) is 0.0545. The molecule has 29 heteroatoms. The first kappa shape index (κ1) is 60.7. The molecule has 79 heavy (non-hydrogen) atoms. The number of benzene rings is 1. The molecule has 1 spiro atoms. The Labute approximate surface area is 451 Å². The van der Waals surface area contributed by atoms with Gasteiger partial charge in [-0.25, -0.2) is 37.2 Å². The van der Waals surface area contributed by atoms with Crippen molar-refractivity contribution in [1.29, 1.82) is 0 Å². The molecule has 2 bridgehead atoms. The van der Waals surface area contributed by atoms with E-state index in [1.807, 2.05) is 6.92 Å². The zero-order chi connectivity index (χ0) is 58.4. The molecule has 6 rings (SSSR count). The minimum absolute atomic E-state index is 0.0161. The average molecular weight is 1130 g/mol. The van der Waals surface area contributed by atoms with Crippen LogP contribution in [-0.4, -0.2) is 139 Å². The van der Waals surface area contributed by atoms with Crippen LogP contribution in [0.2, 0.25) is 0 Å². The minimum Gasteiger partial charge on any atom is -0.460 e. The molecule has 4 N–H and O–H groups in total. The van der Waals surface area contributed by atoms with Gasteiger partial charge in [-0.1, -0.05) is 17.3 Å². The zero-order valence-corrected chi connectivity index (χ0v) is 45.8. The fraction of sp³-hybridized carbons (Fsp3) is 0.520. The second-order valence-electron chi connectivity index (χ2n) is 20.9. The summed E-state index contributed by atoms with van der Waals surface area (Å²) in [5.41, 5.74) is -4.34. The predicted molar refractivity (Wildman–Crippen MR) is 271 cm³/mol. The monoisotopic (exact) mass is 1130 g/mol. The first-order valence-corrected chi connectivity index (χ1v) is 26.2. The summed E-state index contributed by atoms with van der Waals surface area (Å²) in [5, 5.41) is 9.10. The Bertz CT molecular complexity index is 2990. The van der Waals surface area contributed by atoms with Gasteiger partial charge in [-0.05, 0) is 86.8 Å². The summed E-state index contributed by atoms with van der Waals surface area (Å²) >= 11 is 0. The maximum atomic E-state index is 14.6. The van der Waals surface area contributed by atoms with Crippen molar-refractivity contribution in [2.75, 3.05) is 38.6 Å². The third-order valence-corrected chi connectivity index (χ3v) is 12.9. The van der Waals surface area contributed by atoms with Crippen molar-refractivity contribution in [3.63, 3.8) is 0 Å². The Morgan fingerprint density at radius 2 is 1.68 bits per heavy atom. The summed E-state index contributed by atoms with van der Waals surface area (Å²) in [6.45, 7) is 8.92. The van der Waals surface area contributed by atoms with Gasteiger partial charge in [0, 0.05) is 68.6 Å². The highest BCUT2D eigenvalue weighted by Crippen LogP contribution is 2.46. The average Bonchev–Trinajstić information content (AvgIpc) is 3.86. The molecule has 1 fully saturated rings. The molecule has 1 saturated heterocycles. The molecule has 1 aromatic carbocycles. The molecule has 3 aliphatic rings. The van der Waals surface area contributed by atoms with E-state index in [0.29, 0.717) is 35.9 Å². The number of esters is 2. The number of oxime groups is 1. The molecule has 4 atom stereocenters. The van der Waals surface area contributed by atoms with Crippen molar-refractivity contribution >= 4 is 61.2 Å². The van der Waals surface area contributed by atoms with E-state index in [0.717, 1.165) is 17.0 Å². The summed E-state index contributed by atoms with van der Waals surface area (Å²) in [6.07, 6.45) is 0.422. The molecule has 430 valence electrons. The van der Waals surface area contributed by atoms with E-state index in [1.165, 1.54) is 41.0 Å². The second-order valence-corrected chi connectivity index (χ2v) is 22.1. The first-order chi connectivity index (χ1) is 36.8. The number of hydrogen-bond acceptors (Lipinski definition) is 18. The molecule has 0 unspecified atom stereocenters. The van der Waals surface area contributed by atoms with Crippen LogP contribution in [0.4, 0.5) is 24.2 Å². The number of nitrogens with zero attached hydrogens (tertiary/aromatic N) is 6. The highest BCUT2D eigenvalue weighted by Gasteiger charge is 2.54. The fourth-order valence-electron chi connectivity index (χ4n) is 8.84. The molecule has 0 aliphatic carbocycles. The Morgan fingerprint density at radius 1 is 0.987 bits per heavy atom. The van der Waals surface area contributed by atoms with Crippen LogP contribution in [0.5, 0.6) is 5.75 Å². The number of phosphoric ester groups is 1. The van der Waals surface area contributed by atoms with Crippen molar-refractivity contribution in [3.05, 3.63) is 87.0 Å². The third kappa shape index (κ3) is 15.8. The molecular formula is C50H63F2N8O18P. The number of aromatic nitrogens is 2. The van der Waals surface area contributed by atoms with Crippen LogP contribution in [0.3, 0.4) is 0 Å². The van der Waals surface area contributed by atoms with Crippen LogP contribution in [0.15, 0.2) is 52.7 Å². The number of anilines is 1. The van der Waals surface area contributed by atoms with Crippen molar-refractivity contribution in [1.82, 2.24) is 30.0 Å². The Morgan fingerprint density at radius 3 is 2.33 bits per heavy atom. The Balaban J connectivity index is 1.25. The van der Waals surface area contributed by atoms with Crippen LogP contribution >= 0.6 is 7.82 Å². The standard InChI is InChI=1S/C50H63F2N8O18P/c1-28-20-50(78-56-28)17-16-29(2)59-24-36(50)60-23-33(43(64)54-21-30-12-13-32(51)19-34(30)52)40(63)41(39(60)44(59)65)72-26-73-46(67)57(9)42-31(11-10-18-53-42)22-58(47(68)74-27-75-79(69,70)71)25-37(61)55-35(45(66)77-49(6,7)8)14-15-38(62)76-48(3,4)5/h10-13,18-19,23,29,35-36H,14-17,20-22,24-27H2,1-9H3,(H,54,64)(H,55,61)(H2,69,70,71)/t29-,35-,36+,50-/m0/s1. The summed E-state index contributed by atoms with van der Waals surface area (Å²) in [4.78, 5) is 141. The molecule has 0 radical (unpaired) electrons. The maximum Gasteiger partial charge on any atom is 0.472 e. The van der Waals surface area contributed by atoms with Gasteiger partial charge in [0.1, 0.15) is 46.8 Å². The second kappa shape index (κ2) is 24.6. The zero-order valence-electron chi connectivity index (χ0n) is 44.9. The minimum atomic E-state index is -5.16. The van der Waals surface area contributed by atoms with Crippen molar-refractivity contribution in [3.8, 4) is 5.75 Å². The van der Waals surface area contributed by atoms with Crippen LogP contribution < -0.4 is 25.7 Å². The number of halogens is 2. The van der Waals surface area contributed by atoms with Crippen molar-refractivity contribution in [2.24, 2.45) is 5.16 Å². The van der Waals surface area contributed by atoms with E-state index < -0.39 is 140 Å². The molecule has 5 heterocycles. The van der Waals surface area contributed by atoms with Crippen LogP contribution in [-0.2, 0) is 60.3 Å². The van der Waals surface area contributed by atoms with Crippen LogP contribution in [0.1, 0.15) is 126 Å². The highest BCUT2D eigenvalue weighted by molar-refractivity contribution is 7.46. The number of nitrogens with one attached hydrogen (secondary N) is 2. The number of phosphoric acid groups is 1. The summed E-state index contributed by atoms with van der Waals surface area (Å²) < 4.78 is 72.4. The maximum absolute atomic E-state index is 14.6. The van der Waals surface area contributed by atoms with Gasteiger partial charge in [0.25, 0.3) is 11.8 Å². The van der Waals surface area contributed by atoms with Gasteiger partial charge in [0.05, 0.1) is 18.3 Å². The molecular weight excluding hydrogens is 1070 g/mol. The van der Waals surface area contributed by atoms with E-state index in [-0.39, 0.29) is 48.1 Å². The smallest absolute Gasteiger partial charge is 0.460 e. The molecule has 2 aromatic heterocycles. The van der Waals surface area contributed by atoms with Crippen LogP contribution in [0, 0.1) is 11.6 Å². The van der Waals surface area contributed by atoms with Gasteiger partial charge in [0.15, 0.2) is 11.3 Å². The number of hydrogen-bond donors (Lipinski definition) is 4. The Hall–Kier alpha value is -7.55. The largest absolute Gasteiger partial charge is 0.472 e. The van der Waals surface area contributed by atoms with Gasteiger partial charge in [-0.3, -0.25) is 33.8 Å². The SMILES string of the molecule is CC1=NO[C@@]2(CC[C@H](C)N3C[C@H]2n2cc(C(=O)NCc4ccc(F)cc4F)c(=O)c(OCOC(=O)N(C)c4ncccc4CN(CC(=O)N[C@@H](CCC(=O)OC(C)(C)C)C(=O)OC(C)(C)C)C(=O)OCOP(=O)(O)O)c2C3=O)C1. The lowest BCUT2D eigenvalue weighted by Crippen LogP contribution is -2.52. The number of carbonyl (C=O) groups is 7. The fourth-order valence-corrected chi connectivity index (χ4v) is 9.03. The molecule has 5 amide bonds. The van der Waals surface area contributed by atoms with E-state index in [1.54, 1.807) is 48.5 Å². The first-order valence-electron chi connectivity index (χ1n) is 24.7. The molecule has 3 aromatic rings. The highest BCUT2D eigenvalue weighted by atomic mass is 31.2. The van der Waals surface area contributed by atoms with Crippen molar-refractivity contribution in [2.45, 2.75) is 136 Å². The number of carbonyl (C=O) groups excluding carboxylic acids is 7. The molecule has 0 saturated carbocycles. The summed E-state index contributed by atoms with van der Waals surface area (Å²) in [7, 11) is -3.98. The third-order valence-electron chi connectivity index (χ3n) is 12.4.